The fourth-order valence-electron chi connectivity index (χ4n) is 1.39. The minimum Gasteiger partial charge on any atom is -0.404 e. The molecule has 1 aromatic heterocycles. The molecule has 11 heteroatoms. The predicted octanol–water partition coefficient (Wildman–Crippen LogP) is 2.55. The van der Waals surface area contributed by atoms with Crippen molar-refractivity contribution in [2.24, 2.45) is 0 Å². The lowest BCUT2D eigenvalue weighted by molar-refractivity contribution is -0.275. The molecule has 0 aliphatic rings. The van der Waals surface area contributed by atoms with Crippen molar-refractivity contribution < 1.29 is 26.3 Å². The van der Waals surface area contributed by atoms with Crippen LogP contribution in [0.1, 0.15) is 5.01 Å². The number of ether oxygens (including phenoxy) is 1. The third-order valence-electron chi connectivity index (χ3n) is 2.11. The number of alkyl halides is 3. The minimum atomic E-state index is -5.00. The summed E-state index contributed by atoms with van der Waals surface area (Å²) in [7, 11) is -4.27. The van der Waals surface area contributed by atoms with Crippen molar-refractivity contribution in [3.05, 3.63) is 29.3 Å². The molecule has 0 saturated carbocycles. The molecular weight excluding hydrogens is 331 g/mol. The van der Waals surface area contributed by atoms with E-state index in [1.165, 1.54) is 12.1 Å². The van der Waals surface area contributed by atoms with Gasteiger partial charge in [0.25, 0.3) is 10.0 Å². The van der Waals surface area contributed by atoms with E-state index < -0.39 is 27.0 Å². The highest BCUT2D eigenvalue weighted by molar-refractivity contribution is 7.93. The number of hydrogen-bond donors (Lipinski definition) is 1. The van der Waals surface area contributed by atoms with E-state index >= 15 is 0 Å². The molecule has 0 atom stereocenters. The number of halogens is 3. The third kappa shape index (κ3) is 4.04. The molecule has 0 aliphatic carbocycles. The monoisotopic (exact) mass is 339 g/mol. The Morgan fingerprint density at radius 2 is 1.90 bits per heavy atom. The Kier molecular flexibility index (Phi) is 4.05. The second kappa shape index (κ2) is 5.48. The van der Waals surface area contributed by atoms with Crippen LogP contribution < -0.4 is 9.46 Å². The number of hydrogen-bond acceptors (Lipinski definition) is 6. The second-order valence-corrected chi connectivity index (χ2v) is 6.56. The molecule has 114 valence electrons. The Morgan fingerprint density at radius 1 is 1.24 bits per heavy atom. The molecule has 2 aromatic rings. The first kappa shape index (κ1) is 15.5. The third-order valence-corrected chi connectivity index (χ3v) is 4.37. The number of nitrogens with zero attached hydrogens (tertiary/aromatic N) is 2. The van der Waals surface area contributed by atoms with E-state index in [1.54, 1.807) is 6.92 Å². The molecule has 0 bridgehead atoms. The zero-order chi connectivity index (χ0) is 15.7. The lowest BCUT2D eigenvalue weighted by Crippen LogP contribution is -2.20. The molecule has 0 radical (unpaired) electrons. The Bertz CT molecular complexity index is 743. The van der Waals surface area contributed by atoms with Crippen LogP contribution in [0.25, 0.3) is 0 Å². The standard InChI is InChI=1S/C10H8F3N3O3S2/c1-6-14-15-9(20-6)16-21(17,18)8-5-3-2-4-7(8)19-10(11,12)13/h2-5H,1H3,(H,15,16). The number of para-hydroxylation sites is 1. The average molecular weight is 339 g/mol. The van der Waals surface area contributed by atoms with Crippen LogP contribution in [0.4, 0.5) is 18.3 Å². The Labute approximate surface area is 121 Å². The molecule has 0 amide bonds. The summed E-state index contributed by atoms with van der Waals surface area (Å²) in [5.74, 6) is -0.821. The van der Waals surface area contributed by atoms with Crippen LogP contribution in [0.3, 0.4) is 0 Å². The molecule has 0 aliphatic heterocycles. The van der Waals surface area contributed by atoms with E-state index in [9.17, 15) is 21.6 Å². The fourth-order valence-corrected chi connectivity index (χ4v) is 3.34. The van der Waals surface area contributed by atoms with Crippen molar-refractivity contribution in [2.75, 3.05) is 4.72 Å². The predicted molar refractivity (Wildman–Crippen MR) is 68.6 cm³/mol. The maximum atomic E-state index is 12.3. The number of aryl methyl sites for hydroxylation is 1. The van der Waals surface area contributed by atoms with Crippen molar-refractivity contribution >= 4 is 26.5 Å². The zero-order valence-corrected chi connectivity index (χ0v) is 12.0. The van der Waals surface area contributed by atoms with Crippen LogP contribution >= 0.6 is 11.3 Å². The van der Waals surface area contributed by atoms with Gasteiger partial charge < -0.3 is 4.74 Å². The van der Waals surface area contributed by atoms with Gasteiger partial charge in [0.1, 0.15) is 15.7 Å². The summed E-state index contributed by atoms with van der Waals surface area (Å²) in [4.78, 5) is -0.643. The first-order valence-corrected chi connectivity index (χ1v) is 7.65. The van der Waals surface area contributed by atoms with Gasteiger partial charge in [-0.25, -0.2) is 8.42 Å². The van der Waals surface area contributed by atoms with Gasteiger partial charge in [0, 0.05) is 0 Å². The van der Waals surface area contributed by atoms with E-state index in [2.05, 4.69) is 19.7 Å². The maximum absolute atomic E-state index is 12.3. The number of aromatic nitrogens is 2. The summed E-state index contributed by atoms with van der Waals surface area (Å²) in [6, 6.07) is 4.42. The summed E-state index contributed by atoms with van der Waals surface area (Å²) in [5, 5.41) is 7.61. The summed E-state index contributed by atoms with van der Waals surface area (Å²) >= 11 is 0.953. The number of rotatable bonds is 4. The molecular formula is C10H8F3N3O3S2. The van der Waals surface area contributed by atoms with Crippen LogP contribution in [-0.2, 0) is 10.0 Å². The summed E-state index contributed by atoms with van der Waals surface area (Å²) in [6.45, 7) is 1.61. The molecule has 0 spiro atoms. The number of benzene rings is 1. The van der Waals surface area contributed by atoms with Crippen molar-refractivity contribution in [3.8, 4) is 5.75 Å². The molecule has 1 heterocycles. The van der Waals surface area contributed by atoms with Crippen LogP contribution in [0.15, 0.2) is 29.2 Å². The first-order valence-electron chi connectivity index (χ1n) is 5.35. The SMILES string of the molecule is Cc1nnc(NS(=O)(=O)c2ccccc2OC(F)(F)F)s1. The van der Waals surface area contributed by atoms with Crippen LogP contribution in [0, 0.1) is 6.92 Å². The van der Waals surface area contributed by atoms with E-state index in [4.69, 9.17) is 0 Å². The van der Waals surface area contributed by atoms with Gasteiger partial charge in [0.05, 0.1) is 0 Å². The van der Waals surface area contributed by atoms with Crippen molar-refractivity contribution in [3.63, 3.8) is 0 Å². The van der Waals surface area contributed by atoms with Crippen molar-refractivity contribution in [2.45, 2.75) is 18.2 Å². The Hall–Kier alpha value is -1.88. The summed E-state index contributed by atoms with van der Waals surface area (Å²) < 4.78 is 66.8. The first-order chi connectivity index (χ1) is 9.67. The second-order valence-electron chi connectivity index (χ2n) is 3.73. The lowest BCUT2D eigenvalue weighted by atomic mass is 10.3. The number of nitrogens with one attached hydrogen (secondary N) is 1. The van der Waals surface area contributed by atoms with Crippen molar-refractivity contribution in [1.82, 2.24) is 10.2 Å². The molecule has 6 nitrogen and oxygen atoms in total. The van der Waals surface area contributed by atoms with Gasteiger partial charge in [-0.05, 0) is 19.1 Å². The van der Waals surface area contributed by atoms with Crippen molar-refractivity contribution in [1.29, 1.82) is 0 Å². The summed E-state index contributed by atoms with van der Waals surface area (Å²) in [6.07, 6.45) is -5.00. The van der Waals surface area contributed by atoms with E-state index in [1.807, 2.05) is 0 Å². The topological polar surface area (TPSA) is 81.2 Å². The van der Waals surface area contributed by atoms with E-state index in [0.717, 1.165) is 23.5 Å². The molecule has 0 saturated heterocycles. The molecule has 1 N–H and O–H groups in total. The van der Waals surface area contributed by atoms with Gasteiger partial charge in [-0.3, -0.25) is 4.72 Å². The van der Waals surface area contributed by atoms with Gasteiger partial charge in [-0.15, -0.1) is 23.4 Å². The highest BCUT2D eigenvalue weighted by Gasteiger charge is 2.34. The minimum absolute atomic E-state index is 0.0469. The van der Waals surface area contributed by atoms with Crippen LogP contribution in [0.5, 0.6) is 5.75 Å². The quantitative estimate of drug-likeness (QED) is 0.926. The van der Waals surface area contributed by atoms with E-state index in [-0.39, 0.29) is 5.13 Å². The Balaban J connectivity index is 2.36. The zero-order valence-electron chi connectivity index (χ0n) is 10.4. The smallest absolute Gasteiger partial charge is 0.404 e. The summed E-state index contributed by atoms with van der Waals surface area (Å²) in [5.41, 5.74) is 0. The Morgan fingerprint density at radius 3 is 2.48 bits per heavy atom. The van der Waals surface area contributed by atoms with Gasteiger partial charge in [-0.2, -0.15) is 0 Å². The van der Waals surface area contributed by atoms with Gasteiger partial charge in [0.15, 0.2) is 0 Å². The van der Waals surface area contributed by atoms with Crippen LogP contribution in [0.2, 0.25) is 0 Å². The highest BCUT2D eigenvalue weighted by atomic mass is 32.2. The molecule has 2 rings (SSSR count). The fraction of sp³-hybridized carbons (Fsp3) is 0.200. The molecule has 0 unspecified atom stereocenters. The maximum Gasteiger partial charge on any atom is 0.573 e. The highest BCUT2D eigenvalue weighted by Crippen LogP contribution is 2.30. The number of anilines is 1. The van der Waals surface area contributed by atoms with Gasteiger partial charge >= 0.3 is 6.36 Å². The van der Waals surface area contributed by atoms with Crippen LogP contribution in [-0.4, -0.2) is 25.0 Å². The number of sulfonamides is 1. The largest absolute Gasteiger partial charge is 0.573 e. The molecule has 1 aromatic carbocycles. The van der Waals surface area contributed by atoms with Gasteiger partial charge in [0.2, 0.25) is 5.13 Å². The molecule has 21 heavy (non-hydrogen) atoms. The normalized spacial score (nSPS) is 12.2. The lowest BCUT2D eigenvalue weighted by Gasteiger charge is -2.13. The molecule has 0 fully saturated rings. The average Bonchev–Trinajstić information content (AvgIpc) is 2.72. The van der Waals surface area contributed by atoms with Gasteiger partial charge in [-0.1, -0.05) is 23.5 Å². The van der Waals surface area contributed by atoms with E-state index in [0.29, 0.717) is 5.01 Å².